The van der Waals surface area contributed by atoms with E-state index in [1.54, 1.807) is 6.26 Å². The van der Waals surface area contributed by atoms with Crippen LogP contribution < -0.4 is 5.32 Å². The Labute approximate surface area is 186 Å². The number of aromatic nitrogens is 3. The third-order valence-electron chi connectivity index (χ3n) is 6.85. The highest BCUT2D eigenvalue weighted by Crippen LogP contribution is 2.49. The van der Waals surface area contributed by atoms with Crippen LogP contribution in [0.4, 0.5) is 0 Å². The normalized spacial score (nSPS) is 24.3. The summed E-state index contributed by atoms with van der Waals surface area (Å²) < 4.78 is 7.52. The van der Waals surface area contributed by atoms with Gasteiger partial charge in [-0.15, -0.1) is 10.2 Å². The SMILES string of the molecule is CC(Sc1nnc(-c2ccco2)n1-c1ccccc1)C(=O)NC(C)C1CC2CCC1C2. The quantitative estimate of drug-likeness (QED) is 0.531. The number of hydrogen-bond donors (Lipinski definition) is 1. The number of carbonyl (C=O) groups is 1. The molecule has 0 spiro atoms. The topological polar surface area (TPSA) is 73.0 Å². The van der Waals surface area contributed by atoms with Gasteiger partial charge in [0.05, 0.1) is 11.5 Å². The van der Waals surface area contributed by atoms with Gasteiger partial charge >= 0.3 is 0 Å². The average molecular weight is 437 g/mol. The number of nitrogens with one attached hydrogen (secondary N) is 1. The van der Waals surface area contributed by atoms with Gasteiger partial charge in [0.25, 0.3) is 0 Å². The molecule has 0 radical (unpaired) electrons. The highest BCUT2D eigenvalue weighted by Gasteiger charge is 2.42. The van der Waals surface area contributed by atoms with Crippen LogP contribution in [-0.4, -0.2) is 32.0 Å². The van der Waals surface area contributed by atoms with E-state index in [0.717, 1.165) is 17.5 Å². The van der Waals surface area contributed by atoms with E-state index < -0.39 is 0 Å². The summed E-state index contributed by atoms with van der Waals surface area (Å²) in [7, 11) is 0. The molecule has 2 saturated carbocycles. The summed E-state index contributed by atoms with van der Waals surface area (Å²) >= 11 is 1.43. The summed E-state index contributed by atoms with van der Waals surface area (Å²) in [5, 5.41) is 12.4. The zero-order valence-electron chi connectivity index (χ0n) is 17.9. The lowest BCUT2D eigenvalue weighted by atomic mass is 9.84. The van der Waals surface area contributed by atoms with Crippen molar-refractivity contribution < 1.29 is 9.21 Å². The number of hydrogen-bond acceptors (Lipinski definition) is 5. The molecule has 2 fully saturated rings. The summed E-state index contributed by atoms with van der Waals surface area (Å²) in [5.74, 6) is 3.62. The van der Waals surface area contributed by atoms with Gasteiger partial charge in [0, 0.05) is 11.7 Å². The molecule has 1 N–H and O–H groups in total. The molecule has 6 nitrogen and oxygen atoms in total. The van der Waals surface area contributed by atoms with E-state index in [4.69, 9.17) is 4.42 Å². The van der Waals surface area contributed by atoms with Crippen molar-refractivity contribution in [2.75, 3.05) is 0 Å². The largest absolute Gasteiger partial charge is 0.461 e. The molecule has 5 unspecified atom stereocenters. The molecular formula is C24H28N4O2S. The van der Waals surface area contributed by atoms with Crippen molar-refractivity contribution in [3.05, 3.63) is 48.7 Å². The van der Waals surface area contributed by atoms with Gasteiger partial charge in [-0.3, -0.25) is 9.36 Å². The number of furan rings is 1. The number of thioether (sulfide) groups is 1. The first kappa shape index (κ1) is 20.4. The summed E-state index contributed by atoms with van der Waals surface area (Å²) in [6.07, 6.45) is 6.95. The molecule has 2 heterocycles. The Kier molecular flexibility index (Phi) is 5.61. The molecule has 2 bridgehead atoms. The number of para-hydroxylation sites is 1. The van der Waals surface area contributed by atoms with Crippen molar-refractivity contribution in [3.8, 4) is 17.3 Å². The van der Waals surface area contributed by atoms with Crippen molar-refractivity contribution in [2.45, 2.75) is 56.0 Å². The van der Waals surface area contributed by atoms with E-state index in [1.807, 2.05) is 54.0 Å². The van der Waals surface area contributed by atoms with Crippen LogP contribution >= 0.6 is 11.8 Å². The number of benzene rings is 1. The minimum atomic E-state index is -0.280. The third kappa shape index (κ3) is 4.03. The lowest BCUT2D eigenvalue weighted by molar-refractivity contribution is -0.121. The molecule has 0 aliphatic heterocycles. The van der Waals surface area contributed by atoms with Crippen LogP contribution in [-0.2, 0) is 4.79 Å². The second-order valence-electron chi connectivity index (χ2n) is 8.85. The molecular weight excluding hydrogens is 408 g/mol. The summed E-state index contributed by atoms with van der Waals surface area (Å²) in [6.45, 7) is 4.10. The summed E-state index contributed by atoms with van der Waals surface area (Å²) in [6, 6.07) is 13.8. The van der Waals surface area contributed by atoms with Gasteiger partial charge in [0.2, 0.25) is 11.7 Å². The molecule has 31 heavy (non-hydrogen) atoms. The summed E-state index contributed by atoms with van der Waals surface area (Å²) in [5.41, 5.74) is 0.935. The van der Waals surface area contributed by atoms with E-state index in [-0.39, 0.29) is 17.2 Å². The molecule has 5 atom stereocenters. The minimum Gasteiger partial charge on any atom is -0.461 e. The molecule has 3 aromatic rings. The average Bonchev–Trinajstić information content (AvgIpc) is 3.58. The van der Waals surface area contributed by atoms with Crippen molar-refractivity contribution in [1.82, 2.24) is 20.1 Å². The van der Waals surface area contributed by atoms with Crippen LogP contribution in [0.2, 0.25) is 0 Å². The monoisotopic (exact) mass is 436 g/mol. The fraction of sp³-hybridized carbons (Fsp3) is 0.458. The van der Waals surface area contributed by atoms with Gasteiger partial charge in [-0.2, -0.15) is 0 Å². The zero-order valence-corrected chi connectivity index (χ0v) is 18.7. The summed E-state index contributed by atoms with van der Waals surface area (Å²) in [4.78, 5) is 13.0. The highest BCUT2D eigenvalue weighted by atomic mass is 32.2. The molecule has 5 rings (SSSR count). The Balaban J connectivity index is 1.33. The van der Waals surface area contributed by atoms with E-state index in [0.29, 0.717) is 22.7 Å². The van der Waals surface area contributed by atoms with Crippen LogP contribution in [0, 0.1) is 17.8 Å². The third-order valence-corrected chi connectivity index (χ3v) is 7.89. The van der Waals surface area contributed by atoms with E-state index in [2.05, 4.69) is 22.4 Å². The number of fused-ring (bicyclic) bond motifs is 2. The Morgan fingerprint density at radius 1 is 1.13 bits per heavy atom. The Hall–Kier alpha value is -2.54. The van der Waals surface area contributed by atoms with Crippen molar-refractivity contribution >= 4 is 17.7 Å². The molecule has 2 aliphatic carbocycles. The van der Waals surface area contributed by atoms with E-state index in [1.165, 1.54) is 37.4 Å². The first-order valence-corrected chi connectivity index (χ1v) is 12.0. The predicted octanol–water partition coefficient (Wildman–Crippen LogP) is 4.95. The van der Waals surface area contributed by atoms with Crippen LogP contribution in [0.15, 0.2) is 58.3 Å². The molecule has 162 valence electrons. The van der Waals surface area contributed by atoms with Crippen LogP contribution in [0.1, 0.15) is 39.5 Å². The molecule has 1 amide bonds. The number of carbonyl (C=O) groups excluding carboxylic acids is 1. The van der Waals surface area contributed by atoms with E-state index >= 15 is 0 Å². The first-order valence-electron chi connectivity index (χ1n) is 11.1. The van der Waals surface area contributed by atoms with Gasteiger partial charge in [-0.1, -0.05) is 36.4 Å². The van der Waals surface area contributed by atoms with Gasteiger partial charge in [-0.25, -0.2) is 0 Å². The molecule has 1 aromatic carbocycles. The standard InChI is InChI=1S/C24H28N4O2S/c1-15(20-14-17-10-11-18(20)13-17)25-23(29)16(2)31-24-27-26-22(21-9-6-12-30-21)28(24)19-7-4-3-5-8-19/h3-9,12,15-18,20H,10-11,13-14H2,1-2H3,(H,25,29). The van der Waals surface area contributed by atoms with Crippen LogP contribution in [0.25, 0.3) is 17.3 Å². The smallest absolute Gasteiger partial charge is 0.233 e. The Bertz CT molecular complexity index is 1030. The van der Waals surface area contributed by atoms with Gasteiger partial charge < -0.3 is 9.73 Å². The number of amides is 1. The maximum absolute atomic E-state index is 13.0. The van der Waals surface area contributed by atoms with Crippen LogP contribution in [0.3, 0.4) is 0 Å². The van der Waals surface area contributed by atoms with Gasteiger partial charge in [-0.05, 0) is 75.1 Å². The Morgan fingerprint density at radius 3 is 2.65 bits per heavy atom. The lowest BCUT2D eigenvalue weighted by Gasteiger charge is -2.29. The fourth-order valence-corrected chi connectivity index (χ4v) is 6.16. The molecule has 2 aromatic heterocycles. The van der Waals surface area contributed by atoms with Crippen LogP contribution in [0.5, 0.6) is 0 Å². The maximum atomic E-state index is 13.0. The van der Waals surface area contributed by atoms with Crippen molar-refractivity contribution in [3.63, 3.8) is 0 Å². The minimum absolute atomic E-state index is 0.0578. The molecule has 0 saturated heterocycles. The van der Waals surface area contributed by atoms with Crippen molar-refractivity contribution in [1.29, 1.82) is 0 Å². The maximum Gasteiger partial charge on any atom is 0.233 e. The number of nitrogens with zero attached hydrogens (tertiary/aromatic N) is 3. The van der Waals surface area contributed by atoms with E-state index in [9.17, 15) is 4.79 Å². The van der Waals surface area contributed by atoms with Gasteiger partial charge in [0.15, 0.2) is 10.9 Å². The van der Waals surface area contributed by atoms with Crippen molar-refractivity contribution in [2.24, 2.45) is 17.8 Å². The predicted molar refractivity (Wildman–Crippen MR) is 121 cm³/mol. The second kappa shape index (κ2) is 8.54. The first-order chi connectivity index (χ1) is 15.1. The lowest BCUT2D eigenvalue weighted by Crippen LogP contribution is -2.43. The number of rotatable bonds is 7. The highest BCUT2D eigenvalue weighted by molar-refractivity contribution is 8.00. The molecule has 2 aliphatic rings. The van der Waals surface area contributed by atoms with Gasteiger partial charge in [0.1, 0.15) is 0 Å². The Morgan fingerprint density at radius 2 is 1.97 bits per heavy atom. The molecule has 7 heteroatoms. The fourth-order valence-electron chi connectivity index (χ4n) is 5.29. The zero-order chi connectivity index (χ0) is 21.4. The second-order valence-corrected chi connectivity index (χ2v) is 10.2.